The van der Waals surface area contributed by atoms with Crippen molar-refractivity contribution in [3.63, 3.8) is 0 Å². The summed E-state index contributed by atoms with van der Waals surface area (Å²) in [4.78, 5) is 13.7. The van der Waals surface area contributed by atoms with Gasteiger partial charge < -0.3 is 14.6 Å². The van der Waals surface area contributed by atoms with E-state index >= 15 is 0 Å². The molecule has 3 heterocycles. The number of ether oxygens (including phenoxy) is 1. The summed E-state index contributed by atoms with van der Waals surface area (Å²) in [7, 11) is -3.59. The Morgan fingerprint density at radius 3 is 2.68 bits per heavy atom. The molecule has 9 nitrogen and oxygen atoms in total. The number of aryl methyl sites for hydroxylation is 1. The highest BCUT2D eigenvalue weighted by Gasteiger charge is 2.22. The minimum Gasteiger partial charge on any atom is -0.377 e. The molecule has 2 fully saturated rings. The molecule has 2 N–H and O–H groups in total. The Labute approximate surface area is 200 Å². The SMILES string of the molecule is Cc1ncc(-c2ccnc(Nc3ccc(S(=O)(=O)NCC4CCCO4)cc3)n2)n1CCC1CC1. The van der Waals surface area contributed by atoms with Gasteiger partial charge >= 0.3 is 0 Å². The van der Waals surface area contributed by atoms with Gasteiger partial charge in [-0.15, -0.1) is 0 Å². The first-order chi connectivity index (χ1) is 16.5. The number of hydrogen-bond acceptors (Lipinski definition) is 7. The molecule has 1 aliphatic carbocycles. The molecule has 0 spiro atoms. The van der Waals surface area contributed by atoms with E-state index in [0.29, 0.717) is 24.8 Å². The number of aromatic nitrogens is 4. The summed E-state index contributed by atoms with van der Waals surface area (Å²) in [5, 5.41) is 3.17. The fraction of sp³-hybridized carbons (Fsp3) is 0.458. The van der Waals surface area contributed by atoms with Crippen molar-refractivity contribution in [3.8, 4) is 11.4 Å². The van der Waals surface area contributed by atoms with Gasteiger partial charge in [0.25, 0.3) is 0 Å². The lowest BCUT2D eigenvalue weighted by Gasteiger charge is -2.12. The zero-order valence-corrected chi connectivity index (χ0v) is 20.1. The van der Waals surface area contributed by atoms with E-state index in [1.54, 1.807) is 30.5 Å². The van der Waals surface area contributed by atoms with Gasteiger partial charge in [-0.3, -0.25) is 0 Å². The molecule has 0 radical (unpaired) electrons. The second-order valence-corrected chi connectivity index (χ2v) is 10.7. The summed E-state index contributed by atoms with van der Waals surface area (Å²) in [6.45, 7) is 3.94. The molecular weight excluding hydrogens is 452 g/mol. The molecule has 0 amide bonds. The van der Waals surface area contributed by atoms with Crippen LogP contribution in [0.4, 0.5) is 11.6 Å². The number of nitrogens with zero attached hydrogens (tertiary/aromatic N) is 4. The van der Waals surface area contributed by atoms with Crippen molar-refractivity contribution in [1.29, 1.82) is 0 Å². The lowest BCUT2D eigenvalue weighted by molar-refractivity contribution is 0.114. The molecule has 1 aromatic carbocycles. The van der Waals surface area contributed by atoms with Gasteiger partial charge in [0.05, 0.1) is 28.6 Å². The number of nitrogens with one attached hydrogen (secondary N) is 2. The van der Waals surface area contributed by atoms with E-state index in [1.807, 2.05) is 19.2 Å². The number of hydrogen-bond donors (Lipinski definition) is 2. The third kappa shape index (κ3) is 5.45. The minimum absolute atomic E-state index is 0.0473. The molecule has 1 saturated carbocycles. The van der Waals surface area contributed by atoms with Gasteiger partial charge in [0.15, 0.2) is 0 Å². The van der Waals surface area contributed by atoms with Crippen LogP contribution in [-0.4, -0.2) is 47.2 Å². The van der Waals surface area contributed by atoms with Crippen molar-refractivity contribution in [2.24, 2.45) is 5.92 Å². The van der Waals surface area contributed by atoms with E-state index < -0.39 is 10.0 Å². The van der Waals surface area contributed by atoms with E-state index in [-0.39, 0.29) is 11.0 Å². The molecule has 34 heavy (non-hydrogen) atoms. The van der Waals surface area contributed by atoms with Crippen LogP contribution in [0.5, 0.6) is 0 Å². The van der Waals surface area contributed by atoms with Gasteiger partial charge in [0.2, 0.25) is 16.0 Å². The van der Waals surface area contributed by atoms with E-state index in [2.05, 4.69) is 29.6 Å². The number of sulfonamides is 1. The predicted octanol–water partition coefficient (Wildman–Crippen LogP) is 3.65. The molecule has 180 valence electrons. The fourth-order valence-corrected chi connectivity index (χ4v) is 5.24. The normalized spacial score (nSPS) is 18.3. The third-order valence-electron chi connectivity index (χ3n) is 6.38. The van der Waals surface area contributed by atoms with Crippen molar-refractivity contribution in [2.45, 2.75) is 56.6 Å². The minimum atomic E-state index is -3.59. The molecule has 1 unspecified atom stereocenters. The average Bonchev–Trinajstić information content (AvgIpc) is 3.37. The molecule has 1 atom stereocenters. The standard InChI is InChI=1S/C24H30N6O3S/c1-17-26-16-23(30(17)13-11-18-4-5-18)22-10-12-25-24(29-22)28-19-6-8-21(9-7-19)34(31,32)27-15-20-3-2-14-33-20/h6-10,12,16,18,20,27H,2-5,11,13-15H2,1H3,(H,25,28,29). The van der Waals surface area contributed by atoms with Crippen LogP contribution >= 0.6 is 0 Å². The monoisotopic (exact) mass is 482 g/mol. The molecule has 3 aromatic rings. The van der Waals surface area contributed by atoms with Gasteiger partial charge in [-0.25, -0.2) is 28.1 Å². The van der Waals surface area contributed by atoms with Gasteiger partial charge in [0.1, 0.15) is 5.82 Å². The van der Waals surface area contributed by atoms with E-state index in [4.69, 9.17) is 4.74 Å². The highest BCUT2D eigenvalue weighted by Crippen LogP contribution is 2.33. The summed E-state index contributed by atoms with van der Waals surface area (Å²) in [5.41, 5.74) is 2.47. The molecule has 2 aromatic heterocycles. The quantitative estimate of drug-likeness (QED) is 0.454. The maximum atomic E-state index is 12.6. The Kier molecular flexibility index (Phi) is 6.62. The van der Waals surface area contributed by atoms with E-state index in [9.17, 15) is 8.42 Å². The third-order valence-corrected chi connectivity index (χ3v) is 7.82. The second kappa shape index (κ2) is 9.81. The number of rotatable bonds is 10. The first-order valence-electron chi connectivity index (χ1n) is 11.8. The summed E-state index contributed by atoms with van der Waals surface area (Å²) in [6.07, 6.45) is 9.20. The van der Waals surface area contributed by atoms with Gasteiger partial charge in [-0.05, 0) is 62.4 Å². The highest BCUT2D eigenvalue weighted by atomic mass is 32.2. The Morgan fingerprint density at radius 2 is 1.94 bits per heavy atom. The van der Waals surface area contributed by atoms with Crippen LogP contribution in [0.25, 0.3) is 11.4 Å². The summed E-state index contributed by atoms with van der Waals surface area (Å²) in [6, 6.07) is 8.44. The lowest BCUT2D eigenvalue weighted by Crippen LogP contribution is -2.31. The molecule has 5 rings (SSSR count). The molecule has 1 saturated heterocycles. The zero-order chi connectivity index (χ0) is 23.5. The van der Waals surface area contributed by atoms with Crippen molar-refractivity contribution < 1.29 is 13.2 Å². The largest absolute Gasteiger partial charge is 0.377 e. The number of imidazole rings is 1. The van der Waals surface area contributed by atoms with Crippen LogP contribution in [0.1, 0.15) is 37.9 Å². The van der Waals surface area contributed by atoms with Crippen LogP contribution in [-0.2, 0) is 21.3 Å². The Balaban J connectivity index is 1.26. The van der Waals surface area contributed by atoms with Crippen molar-refractivity contribution in [3.05, 3.63) is 48.5 Å². The van der Waals surface area contributed by atoms with Crippen LogP contribution < -0.4 is 10.0 Å². The highest BCUT2D eigenvalue weighted by molar-refractivity contribution is 7.89. The number of anilines is 2. The van der Waals surface area contributed by atoms with E-state index in [0.717, 1.165) is 48.9 Å². The molecule has 1 aliphatic heterocycles. The van der Waals surface area contributed by atoms with Gasteiger partial charge in [0, 0.05) is 31.6 Å². The second-order valence-electron chi connectivity index (χ2n) is 8.98. The zero-order valence-electron chi connectivity index (χ0n) is 19.3. The van der Waals surface area contributed by atoms with Crippen LogP contribution in [0.3, 0.4) is 0 Å². The van der Waals surface area contributed by atoms with Crippen LogP contribution in [0.15, 0.2) is 47.6 Å². The molecular formula is C24H30N6O3S. The average molecular weight is 483 g/mol. The lowest BCUT2D eigenvalue weighted by atomic mass is 10.2. The summed E-state index contributed by atoms with van der Waals surface area (Å²) >= 11 is 0. The van der Waals surface area contributed by atoms with Crippen molar-refractivity contribution >= 4 is 21.7 Å². The summed E-state index contributed by atoms with van der Waals surface area (Å²) in [5.74, 6) is 2.26. The molecule has 2 aliphatic rings. The molecule has 0 bridgehead atoms. The Morgan fingerprint density at radius 1 is 1.12 bits per heavy atom. The summed E-state index contributed by atoms with van der Waals surface area (Å²) < 4.78 is 35.5. The Bertz CT molecular complexity index is 1230. The predicted molar refractivity (Wildman–Crippen MR) is 129 cm³/mol. The van der Waals surface area contributed by atoms with Crippen molar-refractivity contribution in [2.75, 3.05) is 18.5 Å². The topological polar surface area (TPSA) is 111 Å². The van der Waals surface area contributed by atoms with Crippen molar-refractivity contribution in [1.82, 2.24) is 24.2 Å². The van der Waals surface area contributed by atoms with Gasteiger partial charge in [-0.2, -0.15) is 0 Å². The van der Waals surface area contributed by atoms with Gasteiger partial charge in [-0.1, -0.05) is 12.8 Å². The fourth-order valence-electron chi connectivity index (χ4n) is 4.17. The number of benzene rings is 1. The van der Waals surface area contributed by atoms with Crippen LogP contribution in [0, 0.1) is 12.8 Å². The van der Waals surface area contributed by atoms with Crippen LogP contribution in [0.2, 0.25) is 0 Å². The smallest absolute Gasteiger partial charge is 0.240 e. The molecule has 10 heteroatoms. The maximum absolute atomic E-state index is 12.6. The van der Waals surface area contributed by atoms with E-state index in [1.165, 1.54) is 12.8 Å². The Hall–Kier alpha value is -2.82. The first kappa shape index (κ1) is 22.9. The first-order valence-corrected chi connectivity index (χ1v) is 13.3. The maximum Gasteiger partial charge on any atom is 0.240 e.